The lowest BCUT2D eigenvalue weighted by atomic mass is 10.1. The monoisotopic (exact) mass is 244 g/mol. The molecule has 0 saturated heterocycles. The largest absolute Gasteiger partial charge is 0.330 e. The molecule has 2 rings (SSSR count). The SMILES string of the molecule is NCCCCN1C(=O)C=C(c2ccccc2)C1=O. The molecule has 94 valence electrons. The van der Waals surface area contributed by atoms with Gasteiger partial charge in [-0.05, 0) is 24.9 Å². The van der Waals surface area contributed by atoms with Gasteiger partial charge in [0.25, 0.3) is 11.8 Å². The lowest BCUT2D eigenvalue weighted by Gasteiger charge is -2.14. The van der Waals surface area contributed by atoms with Gasteiger partial charge in [-0.25, -0.2) is 0 Å². The molecule has 1 aromatic carbocycles. The molecule has 0 bridgehead atoms. The number of benzene rings is 1. The van der Waals surface area contributed by atoms with Crippen molar-refractivity contribution in [3.8, 4) is 0 Å². The van der Waals surface area contributed by atoms with Crippen LogP contribution in [0, 0.1) is 0 Å². The minimum absolute atomic E-state index is 0.205. The second-order valence-corrected chi connectivity index (χ2v) is 4.21. The summed E-state index contributed by atoms with van der Waals surface area (Å²) in [4.78, 5) is 25.2. The highest BCUT2D eigenvalue weighted by Gasteiger charge is 2.30. The van der Waals surface area contributed by atoms with Crippen LogP contribution < -0.4 is 5.73 Å². The Balaban J connectivity index is 2.10. The van der Waals surface area contributed by atoms with Gasteiger partial charge in [-0.3, -0.25) is 14.5 Å². The van der Waals surface area contributed by atoms with Crippen LogP contribution >= 0.6 is 0 Å². The van der Waals surface area contributed by atoms with E-state index in [1.54, 1.807) is 0 Å². The van der Waals surface area contributed by atoms with Crippen molar-refractivity contribution in [2.24, 2.45) is 5.73 Å². The van der Waals surface area contributed by atoms with Gasteiger partial charge in [-0.15, -0.1) is 0 Å². The van der Waals surface area contributed by atoms with Gasteiger partial charge in [0.1, 0.15) is 0 Å². The van der Waals surface area contributed by atoms with E-state index in [-0.39, 0.29) is 11.8 Å². The summed E-state index contributed by atoms with van der Waals surface area (Å²) in [5.74, 6) is -0.431. The Morgan fingerprint density at radius 2 is 1.78 bits per heavy atom. The van der Waals surface area contributed by atoms with Crippen LogP contribution in [-0.2, 0) is 9.59 Å². The molecule has 0 spiro atoms. The fourth-order valence-corrected chi connectivity index (χ4v) is 1.96. The third-order valence-electron chi connectivity index (χ3n) is 2.93. The maximum Gasteiger partial charge on any atom is 0.261 e. The summed E-state index contributed by atoms with van der Waals surface area (Å²) in [5, 5.41) is 0. The molecule has 0 aliphatic carbocycles. The second kappa shape index (κ2) is 5.60. The van der Waals surface area contributed by atoms with Crippen LogP contribution in [0.25, 0.3) is 5.57 Å². The normalized spacial score (nSPS) is 15.2. The van der Waals surface area contributed by atoms with Crippen molar-refractivity contribution in [2.45, 2.75) is 12.8 Å². The van der Waals surface area contributed by atoms with Crippen molar-refractivity contribution < 1.29 is 9.59 Å². The highest BCUT2D eigenvalue weighted by atomic mass is 16.2. The second-order valence-electron chi connectivity index (χ2n) is 4.21. The van der Waals surface area contributed by atoms with E-state index < -0.39 is 0 Å². The number of nitrogens with zero attached hydrogens (tertiary/aromatic N) is 1. The third kappa shape index (κ3) is 2.49. The molecule has 0 saturated carbocycles. The van der Waals surface area contributed by atoms with E-state index in [2.05, 4.69) is 0 Å². The summed E-state index contributed by atoms with van der Waals surface area (Å²) in [7, 11) is 0. The van der Waals surface area contributed by atoms with Crippen molar-refractivity contribution in [1.29, 1.82) is 0 Å². The molecule has 18 heavy (non-hydrogen) atoms. The summed E-state index contributed by atoms with van der Waals surface area (Å²) in [6.07, 6.45) is 2.99. The minimum Gasteiger partial charge on any atom is -0.330 e. The number of carbonyl (C=O) groups is 2. The standard InChI is InChI=1S/C14H16N2O2/c15-8-4-5-9-16-13(17)10-12(14(16)18)11-6-2-1-3-7-11/h1-3,6-7,10H,4-5,8-9,15H2. The predicted molar refractivity (Wildman–Crippen MR) is 69.4 cm³/mol. The Morgan fingerprint density at radius 3 is 2.44 bits per heavy atom. The fraction of sp³-hybridized carbons (Fsp3) is 0.286. The van der Waals surface area contributed by atoms with Gasteiger partial charge in [0.05, 0.1) is 5.57 Å². The van der Waals surface area contributed by atoms with E-state index in [0.29, 0.717) is 18.7 Å². The van der Waals surface area contributed by atoms with Crippen molar-refractivity contribution in [3.05, 3.63) is 42.0 Å². The van der Waals surface area contributed by atoms with Gasteiger partial charge in [0.15, 0.2) is 0 Å². The minimum atomic E-state index is -0.226. The maximum absolute atomic E-state index is 12.1. The molecule has 1 aliphatic rings. The highest BCUT2D eigenvalue weighted by molar-refractivity contribution is 6.33. The summed E-state index contributed by atoms with van der Waals surface area (Å²) in [6.45, 7) is 1.02. The molecule has 4 nitrogen and oxygen atoms in total. The van der Waals surface area contributed by atoms with Crippen molar-refractivity contribution in [2.75, 3.05) is 13.1 Å². The van der Waals surface area contributed by atoms with Crippen molar-refractivity contribution in [3.63, 3.8) is 0 Å². The Hall–Kier alpha value is -1.94. The van der Waals surface area contributed by atoms with Crippen molar-refractivity contribution >= 4 is 17.4 Å². The molecular formula is C14H16N2O2. The van der Waals surface area contributed by atoms with Gasteiger partial charge in [-0.1, -0.05) is 30.3 Å². The number of nitrogens with two attached hydrogens (primary N) is 1. The molecular weight excluding hydrogens is 228 g/mol. The van der Waals surface area contributed by atoms with Gasteiger partial charge < -0.3 is 5.73 Å². The average Bonchev–Trinajstić information content (AvgIpc) is 2.68. The van der Waals surface area contributed by atoms with E-state index in [4.69, 9.17) is 5.73 Å². The molecule has 0 unspecified atom stereocenters. The zero-order valence-electron chi connectivity index (χ0n) is 10.1. The number of unbranched alkanes of at least 4 members (excludes halogenated alkanes) is 1. The molecule has 1 aromatic rings. The van der Waals surface area contributed by atoms with Crippen LogP contribution in [-0.4, -0.2) is 29.8 Å². The van der Waals surface area contributed by atoms with Gasteiger partial charge in [0.2, 0.25) is 0 Å². The first-order chi connectivity index (χ1) is 8.74. The van der Waals surface area contributed by atoms with Gasteiger partial charge in [-0.2, -0.15) is 0 Å². The first kappa shape index (κ1) is 12.5. The summed E-state index contributed by atoms with van der Waals surface area (Å²) < 4.78 is 0. The molecule has 2 amide bonds. The number of rotatable bonds is 5. The zero-order chi connectivity index (χ0) is 13.0. The van der Waals surface area contributed by atoms with Gasteiger partial charge >= 0.3 is 0 Å². The Morgan fingerprint density at radius 1 is 1.06 bits per heavy atom. The van der Waals surface area contributed by atoms with E-state index in [9.17, 15) is 9.59 Å². The number of hydrogen-bond acceptors (Lipinski definition) is 3. The van der Waals surface area contributed by atoms with E-state index in [0.717, 1.165) is 18.4 Å². The topological polar surface area (TPSA) is 63.4 Å². The summed E-state index contributed by atoms with van der Waals surface area (Å²) in [6, 6.07) is 9.25. The number of hydrogen-bond donors (Lipinski definition) is 1. The first-order valence-corrected chi connectivity index (χ1v) is 6.07. The van der Waals surface area contributed by atoms with Crippen LogP contribution in [0.2, 0.25) is 0 Å². The van der Waals surface area contributed by atoms with Crippen LogP contribution in [0.1, 0.15) is 18.4 Å². The number of carbonyl (C=O) groups excluding carboxylic acids is 2. The van der Waals surface area contributed by atoms with Crippen molar-refractivity contribution in [1.82, 2.24) is 4.90 Å². The lowest BCUT2D eigenvalue weighted by molar-refractivity contribution is -0.136. The smallest absolute Gasteiger partial charge is 0.261 e. The molecule has 0 atom stereocenters. The first-order valence-electron chi connectivity index (χ1n) is 6.07. The maximum atomic E-state index is 12.1. The molecule has 2 N–H and O–H groups in total. The Bertz CT molecular complexity index is 480. The predicted octanol–water partition coefficient (Wildman–Crippen LogP) is 1.18. The molecule has 0 aromatic heterocycles. The summed E-state index contributed by atoms with van der Waals surface area (Å²) in [5.41, 5.74) is 6.67. The number of imide groups is 1. The fourth-order valence-electron chi connectivity index (χ4n) is 1.96. The lowest BCUT2D eigenvalue weighted by Crippen LogP contribution is -2.32. The highest BCUT2D eigenvalue weighted by Crippen LogP contribution is 2.23. The zero-order valence-corrected chi connectivity index (χ0v) is 10.1. The Kier molecular flexibility index (Phi) is 3.89. The van der Waals surface area contributed by atoms with Crippen LogP contribution in [0.5, 0.6) is 0 Å². The van der Waals surface area contributed by atoms with Gasteiger partial charge in [0, 0.05) is 12.6 Å². The van der Waals surface area contributed by atoms with Crippen LogP contribution in [0.4, 0.5) is 0 Å². The molecule has 4 heteroatoms. The number of amides is 2. The van der Waals surface area contributed by atoms with Crippen LogP contribution in [0.15, 0.2) is 36.4 Å². The third-order valence-corrected chi connectivity index (χ3v) is 2.93. The average molecular weight is 244 g/mol. The quantitative estimate of drug-likeness (QED) is 0.625. The molecule has 1 aliphatic heterocycles. The van der Waals surface area contributed by atoms with E-state index in [1.165, 1.54) is 11.0 Å². The molecule has 0 fully saturated rings. The summed E-state index contributed by atoms with van der Waals surface area (Å²) >= 11 is 0. The van der Waals surface area contributed by atoms with E-state index >= 15 is 0 Å². The van der Waals surface area contributed by atoms with Crippen LogP contribution in [0.3, 0.4) is 0 Å². The molecule has 1 heterocycles. The molecule has 0 radical (unpaired) electrons. The van der Waals surface area contributed by atoms with E-state index in [1.807, 2.05) is 30.3 Å². The Labute approximate surface area is 106 Å².